The number of benzene rings is 22. The highest BCUT2D eigenvalue weighted by atomic mass is 16.3. The van der Waals surface area contributed by atoms with Crippen molar-refractivity contribution in [2.75, 3.05) is 0 Å². The van der Waals surface area contributed by atoms with E-state index in [0.29, 0.717) is 5.95 Å². The van der Waals surface area contributed by atoms with Gasteiger partial charge >= 0.3 is 0 Å². The van der Waals surface area contributed by atoms with E-state index >= 15 is 0 Å². The van der Waals surface area contributed by atoms with Crippen LogP contribution in [0, 0.1) is 0 Å². The zero-order chi connectivity index (χ0) is 92.2. The Hall–Kier alpha value is -18.8. The molecule has 0 bridgehead atoms. The molecule has 1 aliphatic carbocycles. The number of pyridine rings is 1. The molecule has 141 heavy (non-hydrogen) atoms. The molecule has 32 rings (SSSR count). The Labute approximate surface area is 806 Å². The highest BCUT2D eigenvalue weighted by Crippen LogP contribution is 2.50. The van der Waals surface area contributed by atoms with E-state index in [-0.39, 0.29) is 0 Å². The van der Waals surface area contributed by atoms with E-state index in [9.17, 15) is 0 Å². The Morgan fingerprint density at radius 1 is 0.220 bits per heavy atom. The number of aryl methyl sites for hydroxylation is 1. The van der Waals surface area contributed by atoms with Gasteiger partial charge in [-0.2, -0.15) is 0 Å². The Bertz CT molecular complexity index is 10600. The molecule has 22 aromatic carbocycles. The minimum Gasteiger partial charge on any atom is -0.456 e. The zero-order valence-corrected chi connectivity index (χ0v) is 76.1. The maximum Gasteiger partial charge on any atom is 0.235 e. The molecule has 0 atom stereocenters. The van der Waals surface area contributed by atoms with E-state index in [0.717, 1.165) is 157 Å². The summed E-state index contributed by atoms with van der Waals surface area (Å²) in [5.74, 6) is 1.65. The summed E-state index contributed by atoms with van der Waals surface area (Å²) < 4.78 is 28.0. The van der Waals surface area contributed by atoms with Crippen LogP contribution in [-0.4, -0.2) is 33.2 Å². The molecule has 0 spiro atoms. The van der Waals surface area contributed by atoms with E-state index in [1.807, 2.05) is 42.6 Å². The predicted molar refractivity (Wildman–Crippen MR) is 585 cm³/mol. The average molecular weight is 1800 g/mol. The minimum absolute atomic E-state index is 0.708. The first-order chi connectivity index (χ1) is 69.9. The molecular weight excluding hydrogens is 1720 g/mol. The number of fused-ring (bicyclic) bond motifs is 14. The molecule has 0 amide bonds. The van der Waals surface area contributed by atoms with Crippen LogP contribution < -0.4 is 0 Å². The second-order valence-corrected chi connectivity index (χ2v) is 37.5. The monoisotopic (exact) mass is 1800 g/mol. The van der Waals surface area contributed by atoms with Gasteiger partial charge in [-0.1, -0.05) is 303 Å². The standard InChI is InChI=1S/C46H29N3O.C44H26N2O.C41H24N2O/c1-2-9-28(10-3-1)29-17-20-31(21-18-29)45-36-13-4-6-14-38(36)47-46(48-45)49-39-15-8-11-30-19-22-33-25-34(27-40(49)44(33)43(30)39)32-23-24-42-37(26-32)35-12-5-7-16-41(35)50-42;1-2-10-31(11-3-1)45-37-14-6-4-12-33(37)35-26-32(20-21-38(35)45)46-39-15-8-9-27-17-18-29-23-30(25-40(46)44(29)43(27)39)28-19-22-42-36(24-28)34-13-5-7-16-41(34)47-42;1-2-9-25(10-3-1)34-24-42-41(32-14-5-4-12-30(32)34)43-35-15-8-11-26-17-18-28-21-29(23-36(43)40(28)39(26)35)27-19-20-38-33(22-27)31-13-6-7-16-37(31)44-38/h1-5,7-13,15-27H,6,14H2;1-26H;1-24H. The number of hydrogen-bond acceptors (Lipinski definition) is 6. The number of furan rings is 3. The first kappa shape index (κ1) is 78.5. The van der Waals surface area contributed by atoms with Gasteiger partial charge in [-0.05, 0) is 246 Å². The lowest BCUT2D eigenvalue weighted by atomic mass is 9.96. The maximum atomic E-state index is 6.17. The van der Waals surface area contributed by atoms with Crippen molar-refractivity contribution in [1.29, 1.82) is 0 Å². The second kappa shape index (κ2) is 30.9. The number of rotatable bonds is 10. The van der Waals surface area contributed by atoms with Crippen LogP contribution in [0.25, 0.3) is 292 Å². The van der Waals surface area contributed by atoms with Gasteiger partial charge in [-0.15, -0.1) is 0 Å². The van der Waals surface area contributed by atoms with Crippen LogP contribution in [-0.2, 0) is 6.42 Å². The predicted octanol–water partition coefficient (Wildman–Crippen LogP) is 35.2. The van der Waals surface area contributed by atoms with E-state index in [1.165, 1.54) is 147 Å². The highest BCUT2D eigenvalue weighted by molar-refractivity contribution is 6.29. The summed E-state index contributed by atoms with van der Waals surface area (Å²) in [7, 11) is 0. The smallest absolute Gasteiger partial charge is 0.235 e. The first-order valence-electron chi connectivity index (χ1n) is 48.3. The highest BCUT2D eigenvalue weighted by Gasteiger charge is 2.28. The Morgan fingerprint density at radius 3 is 1.16 bits per heavy atom. The van der Waals surface area contributed by atoms with E-state index in [1.54, 1.807) is 0 Å². The van der Waals surface area contributed by atoms with Gasteiger partial charge < -0.3 is 22.4 Å². The van der Waals surface area contributed by atoms with Crippen LogP contribution in [0.15, 0.2) is 462 Å². The normalized spacial score (nSPS) is 12.5. The van der Waals surface area contributed by atoms with Crippen LogP contribution in [0.4, 0.5) is 0 Å². The lowest BCUT2D eigenvalue weighted by Crippen LogP contribution is -2.09. The van der Waals surface area contributed by atoms with Crippen molar-refractivity contribution >= 4 is 202 Å². The van der Waals surface area contributed by atoms with Crippen molar-refractivity contribution in [1.82, 2.24) is 33.2 Å². The average Bonchev–Trinajstić information content (AvgIpc) is 1.56. The molecule has 0 saturated heterocycles. The Morgan fingerprint density at radius 2 is 0.617 bits per heavy atom. The zero-order valence-electron chi connectivity index (χ0n) is 76.1. The molecule has 10 heteroatoms. The first-order valence-corrected chi connectivity index (χ1v) is 48.3. The van der Waals surface area contributed by atoms with Crippen molar-refractivity contribution in [2.45, 2.75) is 12.8 Å². The molecule has 0 saturated carbocycles. The third-order valence-electron chi connectivity index (χ3n) is 29.6. The van der Waals surface area contributed by atoms with E-state index < -0.39 is 0 Å². The van der Waals surface area contributed by atoms with E-state index in [2.05, 4.69) is 431 Å². The summed E-state index contributed by atoms with van der Waals surface area (Å²) in [6, 6.07) is 157. The fourth-order valence-corrected chi connectivity index (χ4v) is 23.2. The number of para-hydroxylation sites is 5. The topological polar surface area (TPSA) is 97.8 Å². The van der Waals surface area contributed by atoms with Crippen LogP contribution in [0.3, 0.4) is 0 Å². The summed E-state index contributed by atoms with van der Waals surface area (Å²) in [5.41, 5.74) is 33.2. The summed E-state index contributed by atoms with van der Waals surface area (Å²) in [6.45, 7) is 0. The Kier molecular flexibility index (Phi) is 17.2. The fraction of sp³-hybridized carbons (Fsp3) is 0.0153. The molecule has 9 aromatic heterocycles. The lowest BCUT2D eigenvalue weighted by Gasteiger charge is -2.17. The largest absolute Gasteiger partial charge is 0.456 e. The van der Waals surface area contributed by atoms with Gasteiger partial charge in [0.1, 0.15) is 39.3 Å². The minimum atomic E-state index is 0.708. The van der Waals surface area contributed by atoms with Crippen LogP contribution >= 0.6 is 0 Å². The molecule has 1 aliphatic rings. The SMILES string of the molecule is C1=Cc2c(nc(-n3c4cccc5ccc6cc(-c7ccc8oc9ccccc9c8c7)cc3c6c54)nc2-c2ccc(-c3ccccc3)cc2)CC1.c1ccc(-c2cnc(-n3c4cccc5ccc6cc(-c7ccc8oc9ccccc9c8c7)cc3c6c54)c3ccccc23)cc1.c1ccc(-n2c3ccccc3c3cc(-n4c5cccc6ccc7cc(-c8ccc9oc%10ccccc%10c9c8)cc4c7c65)ccc32)cc1. The van der Waals surface area contributed by atoms with Crippen LogP contribution in [0.1, 0.15) is 17.7 Å². The van der Waals surface area contributed by atoms with Gasteiger partial charge in [0.05, 0.1) is 55.5 Å². The van der Waals surface area contributed by atoms with Crippen molar-refractivity contribution in [3.63, 3.8) is 0 Å². The lowest BCUT2D eigenvalue weighted by molar-refractivity contribution is 0.668. The van der Waals surface area contributed by atoms with Gasteiger partial charge in [-0.25, -0.2) is 15.0 Å². The summed E-state index contributed by atoms with van der Waals surface area (Å²) >= 11 is 0. The summed E-state index contributed by atoms with van der Waals surface area (Å²) in [4.78, 5) is 16.0. The molecule has 0 aliphatic heterocycles. The molecule has 0 unspecified atom stereocenters. The van der Waals surface area contributed by atoms with Gasteiger partial charge in [0, 0.05) is 115 Å². The molecular formula is C131H79N7O3. The van der Waals surface area contributed by atoms with Crippen molar-refractivity contribution in [3.05, 3.63) is 460 Å². The third kappa shape index (κ3) is 12.2. The van der Waals surface area contributed by atoms with Crippen LogP contribution in [0.5, 0.6) is 0 Å². The second-order valence-electron chi connectivity index (χ2n) is 37.5. The van der Waals surface area contributed by atoms with E-state index in [4.69, 9.17) is 28.2 Å². The Balaban J connectivity index is 0.0000000994. The third-order valence-corrected chi connectivity index (χ3v) is 29.6. The van der Waals surface area contributed by atoms with Gasteiger partial charge in [0.2, 0.25) is 5.95 Å². The number of nitrogens with zero attached hydrogens (tertiary/aromatic N) is 7. The molecule has 656 valence electrons. The van der Waals surface area contributed by atoms with Gasteiger partial charge in [0.25, 0.3) is 0 Å². The van der Waals surface area contributed by atoms with Crippen molar-refractivity contribution < 1.29 is 13.3 Å². The number of allylic oxidation sites excluding steroid dienone is 1. The molecule has 0 radical (unpaired) electrons. The van der Waals surface area contributed by atoms with Gasteiger partial charge in [-0.3, -0.25) is 9.13 Å². The summed E-state index contributed by atoms with van der Waals surface area (Å²) in [5, 5.41) is 26.7. The molecule has 0 fully saturated rings. The molecule has 10 nitrogen and oxygen atoms in total. The quantitative estimate of drug-likeness (QED) is 0.127. The van der Waals surface area contributed by atoms with Gasteiger partial charge in [0.15, 0.2) is 0 Å². The fourth-order valence-electron chi connectivity index (χ4n) is 23.2. The molecule has 9 heterocycles. The number of aromatic nitrogens is 7. The maximum absolute atomic E-state index is 6.17. The number of hydrogen-bond donors (Lipinski definition) is 0. The van der Waals surface area contributed by atoms with Crippen molar-refractivity contribution in [2.24, 2.45) is 0 Å². The van der Waals surface area contributed by atoms with Crippen LogP contribution in [0.2, 0.25) is 0 Å². The molecule has 31 aromatic rings. The molecule has 0 N–H and O–H groups in total. The summed E-state index contributed by atoms with van der Waals surface area (Å²) in [6.07, 6.45) is 8.34. The van der Waals surface area contributed by atoms with Crippen molar-refractivity contribution in [3.8, 4) is 90.0 Å².